The summed E-state index contributed by atoms with van der Waals surface area (Å²) in [5, 5.41) is 3.70. The largest absolute Gasteiger partial charge is 0.379 e. The number of fused-ring (bicyclic) bond motifs is 1. The van der Waals surface area contributed by atoms with Gasteiger partial charge in [0.1, 0.15) is 0 Å². The maximum absolute atomic E-state index is 12.8. The van der Waals surface area contributed by atoms with Gasteiger partial charge in [0.25, 0.3) is 5.56 Å². The molecule has 0 aliphatic carbocycles. The number of carbonyl (C=O) groups excluding carboxylic acids is 1. The summed E-state index contributed by atoms with van der Waals surface area (Å²) in [6, 6.07) is 7.21. The zero-order valence-corrected chi connectivity index (χ0v) is 15.8. The molecule has 7 heteroatoms. The van der Waals surface area contributed by atoms with Crippen molar-refractivity contribution in [1.29, 1.82) is 0 Å². The van der Waals surface area contributed by atoms with Gasteiger partial charge in [0.2, 0.25) is 5.91 Å². The summed E-state index contributed by atoms with van der Waals surface area (Å²) in [6.07, 6.45) is 5.98. The summed E-state index contributed by atoms with van der Waals surface area (Å²) in [6.45, 7) is 5.17. The van der Waals surface area contributed by atoms with E-state index in [1.54, 1.807) is 16.7 Å². The second-order valence-electron chi connectivity index (χ2n) is 5.91. The molecule has 0 atom stereocenters. The molecule has 0 bridgehead atoms. The molecule has 1 aromatic heterocycles. The van der Waals surface area contributed by atoms with E-state index in [1.165, 1.54) is 11.8 Å². The van der Waals surface area contributed by atoms with Gasteiger partial charge in [-0.05, 0) is 32.4 Å². The number of carbonyl (C=O) groups is 1. The lowest BCUT2D eigenvalue weighted by Crippen LogP contribution is -2.27. The highest BCUT2D eigenvalue weighted by atomic mass is 32.2. The zero-order chi connectivity index (χ0) is 18.9. The maximum atomic E-state index is 12.8. The molecule has 0 unspecified atom stereocenters. The van der Waals surface area contributed by atoms with Gasteiger partial charge in [0, 0.05) is 13.2 Å². The predicted octanol–water partition coefficient (Wildman–Crippen LogP) is 2.05. The van der Waals surface area contributed by atoms with Crippen molar-refractivity contribution in [1.82, 2.24) is 14.9 Å². The standard InChI is InChI=1S/C19H23N3O3S/c1-4-10-20-17(23)13-26-19-21-16-9-6-5-8-15(16)18(24)22(19)11-7-12-25-14(2)3/h1,5-6,8-9,14H,7,10-13H2,2-3H3,(H,20,23). The molecule has 2 aromatic rings. The Hall–Kier alpha value is -2.30. The minimum Gasteiger partial charge on any atom is -0.379 e. The van der Waals surface area contributed by atoms with Crippen LogP contribution in [0.1, 0.15) is 20.3 Å². The second kappa shape index (κ2) is 10.00. The highest BCUT2D eigenvalue weighted by molar-refractivity contribution is 7.99. The van der Waals surface area contributed by atoms with Gasteiger partial charge in [0.05, 0.1) is 29.3 Å². The molecule has 0 aliphatic rings. The lowest BCUT2D eigenvalue weighted by molar-refractivity contribution is -0.118. The smallest absolute Gasteiger partial charge is 0.262 e. The summed E-state index contributed by atoms with van der Waals surface area (Å²) in [5.41, 5.74) is 0.519. The van der Waals surface area contributed by atoms with Gasteiger partial charge in [-0.2, -0.15) is 0 Å². The van der Waals surface area contributed by atoms with Crippen molar-refractivity contribution < 1.29 is 9.53 Å². The molecule has 0 saturated carbocycles. The Balaban J connectivity index is 2.21. The minimum atomic E-state index is -0.190. The predicted molar refractivity (Wildman–Crippen MR) is 104 cm³/mol. The van der Waals surface area contributed by atoms with Crippen molar-refractivity contribution in [2.45, 2.75) is 38.1 Å². The third-order valence-corrected chi connectivity index (χ3v) is 4.50. The van der Waals surface area contributed by atoms with Crippen molar-refractivity contribution >= 4 is 28.6 Å². The molecule has 2 rings (SSSR count). The third kappa shape index (κ3) is 5.61. The molecule has 26 heavy (non-hydrogen) atoms. The minimum absolute atomic E-state index is 0.105. The van der Waals surface area contributed by atoms with E-state index < -0.39 is 0 Å². The van der Waals surface area contributed by atoms with Crippen molar-refractivity contribution in [2.24, 2.45) is 0 Å². The van der Waals surface area contributed by atoms with Crippen LogP contribution in [0.4, 0.5) is 0 Å². The van der Waals surface area contributed by atoms with Gasteiger partial charge in [-0.25, -0.2) is 4.98 Å². The average Bonchev–Trinajstić information content (AvgIpc) is 2.63. The first kappa shape index (κ1) is 20.0. The van der Waals surface area contributed by atoms with Crippen LogP contribution in [0.3, 0.4) is 0 Å². The van der Waals surface area contributed by atoms with Crippen molar-refractivity contribution in [3.05, 3.63) is 34.6 Å². The number of nitrogens with zero attached hydrogens (tertiary/aromatic N) is 2. The fourth-order valence-electron chi connectivity index (χ4n) is 2.33. The molecule has 6 nitrogen and oxygen atoms in total. The number of nitrogens with one attached hydrogen (secondary N) is 1. The Morgan fingerprint density at radius 3 is 2.92 bits per heavy atom. The number of rotatable bonds is 9. The van der Waals surface area contributed by atoms with E-state index in [9.17, 15) is 9.59 Å². The van der Waals surface area contributed by atoms with Crippen LogP contribution in [0.5, 0.6) is 0 Å². The fourth-order valence-corrected chi connectivity index (χ4v) is 3.18. The molecular formula is C19H23N3O3S. The maximum Gasteiger partial charge on any atom is 0.262 e. The number of aromatic nitrogens is 2. The number of ether oxygens (including phenoxy) is 1. The van der Waals surface area contributed by atoms with Crippen LogP contribution in [-0.4, -0.2) is 40.5 Å². The monoisotopic (exact) mass is 373 g/mol. The number of thioether (sulfide) groups is 1. The van der Waals surface area contributed by atoms with Gasteiger partial charge >= 0.3 is 0 Å². The van der Waals surface area contributed by atoms with E-state index >= 15 is 0 Å². The lowest BCUT2D eigenvalue weighted by Gasteiger charge is -2.13. The number of hydrogen-bond acceptors (Lipinski definition) is 5. The molecule has 1 amide bonds. The van der Waals surface area contributed by atoms with Crippen LogP contribution in [0.15, 0.2) is 34.2 Å². The molecule has 0 spiro atoms. The zero-order valence-electron chi connectivity index (χ0n) is 15.0. The number of terminal acetylenes is 1. The second-order valence-corrected chi connectivity index (χ2v) is 6.85. The molecule has 0 aliphatic heterocycles. The van der Waals surface area contributed by atoms with Crippen molar-refractivity contribution in [3.8, 4) is 12.3 Å². The van der Waals surface area contributed by atoms with Crippen LogP contribution < -0.4 is 10.9 Å². The molecule has 138 valence electrons. The van der Waals surface area contributed by atoms with Gasteiger partial charge < -0.3 is 10.1 Å². The summed E-state index contributed by atoms with van der Waals surface area (Å²) in [7, 11) is 0. The Bertz CT molecular complexity index is 855. The van der Waals surface area contributed by atoms with E-state index in [2.05, 4.69) is 16.2 Å². The van der Waals surface area contributed by atoms with E-state index in [0.29, 0.717) is 35.6 Å². The molecule has 1 N–H and O–H groups in total. The quantitative estimate of drug-likeness (QED) is 0.315. The summed E-state index contributed by atoms with van der Waals surface area (Å²) in [5.74, 6) is 2.32. The van der Waals surface area contributed by atoms with Gasteiger partial charge in [-0.15, -0.1) is 6.42 Å². The first-order chi connectivity index (χ1) is 12.5. The molecular weight excluding hydrogens is 350 g/mol. The van der Waals surface area contributed by atoms with E-state index in [0.717, 1.165) is 0 Å². The van der Waals surface area contributed by atoms with Crippen molar-refractivity contribution in [3.63, 3.8) is 0 Å². The molecule has 1 heterocycles. The van der Waals surface area contributed by atoms with E-state index in [-0.39, 0.29) is 29.9 Å². The average molecular weight is 373 g/mol. The number of hydrogen-bond donors (Lipinski definition) is 1. The molecule has 1 aromatic carbocycles. The third-order valence-electron chi connectivity index (χ3n) is 3.52. The number of benzene rings is 1. The van der Waals surface area contributed by atoms with Crippen LogP contribution >= 0.6 is 11.8 Å². The topological polar surface area (TPSA) is 73.2 Å². The Morgan fingerprint density at radius 1 is 1.42 bits per heavy atom. The Kier molecular flexibility index (Phi) is 7.70. The Labute approximate surface area is 157 Å². The van der Waals surface area contributed by atoms with Crippen LogP contribution in [-0.2, 0) is 16.1 Å². The first-order valence-corrected chi connectivity index (χ1v) is 9.45. The molecule has 0 radical (unpaired) electrons. The highest BCUT2D eigenvalue weighted by Gasteiger charge is 2.13. The first-order valence-electron chi connectivity index (χ1n) is 8.47. The fraction of sp³-hybridized carbons (Fsp3) is 0.421. The van der Waals surface area contributed by atoms with Gasteiger partial charge in [-0.1, -0.05) is 29.8 Å². The van der Waals surface area contributed by atoms with E-state index in [4.69, 9.17) is 11.2 Å². The normalized spacial score (nSPS) is 10.8. The SMILES string of the molecule is C#CCNC(=O)CSc1nc2ccccc2c(=O)n1CCCOC(C)C. The highest BCUT2D eigenvalue weighted by Crippen LogP contribution is 2.18. The van der Waals surface area contributed by atoms with Crippen molar-refractivity contribution in [2.75, 3.05) is 18.9 Å². The molecule has 0 fully saturated rings. The summed E-state index contributed by atoms with van der Waals surface area (Å²) in [4.78, 5) is 29.2. The molecule has 0 saturated heterocycles. The Morgan fingerprint density at radius 2 is 2.19 bits per heavy atom. The number of para-hydroxylation sites is 1. The van der Waals surface area contributed by atoms with Crippen LogP contribution in [0.2, 0.25) is 0 Å². The summed E-state index contributed by atoms with van der Waals surface area (Å²) >= 11 is 1.23. The number of amides is 1. The van der Waals surface area contributed by atoms with Gasteiger partial charge in [-0.3, -0.25) is 14.2 Å². The lowest BCUT2D eigenvalue weighted by atomic mass is 10.2. The van der Waals surface area contributed by atoms with Gasteiger partial charge in [0.15, 0.2) is 5.16 Å². The summed E-state index contributed by atoms with van der Waals surface area (Å²) < 4.78 is 7.16. The van der Waals surface area contributed by atoms with E-state index in [1.807, 2.05) is 26.0 Å². The van der Waals surface area contributed by atoms with Crippen LogP contribution in [0, 0.1) is 12.3 Å². The van der Waals surface area contributed by atoms with Crippen LogP contribution in [0.25, 0.3) is 10.9 Å².